The van der Waals surface area contributed by atoms with E-state index in [1.54, 1.807) is 14.2 Å². The zero-order valence-corrected chi connectivity index (χ0v) is 12.1. The van der Waals surface area contributed by atoms with Gasteiger partial charge in [0.25, 0.3) is 0 Å². The second kappa shape index (κ2) is 5.87. The van der Waals surface area contributed by atoms with E-state index in [0.29, 0.717) is 12.5 Å². The number of rotatable bonds is 4. The molecule has 108 valence electrons. The van der Waals surface area contributed by atoms with E-state index in [1.165, 1.54) is 0 Å². The van der Waals surface area contributed by atoms with Gasteiger partial charge in [-0.1, -0.05) is 30.3 Å². The molecular weight excluding hydrogens is 266 g/mol. The molecule has 2 aromatic rings. The molecule has 0 saturated heterocycles. The Labute approximate surface area is 124 Å². The minimum absolute atomic E-state index is 0.0251. The van der Waals surface area contributed by atoms with Gasteiger partial charge in [0.05, 0.1) is 19.8 Å². The molecule has 0 spiro atoms. The second-order valence-corrected chi connectivity index (χ2v) is 4.74. The van der Waals surface area contributed by atoms with Crippen molar-refractivity contribution in [3.63, 3.8) is 0 Å². The van der Waals surface area contributed by atoms with E-state index in [-0.39, 0.29) is 6.04 Å². The van der Waals surface area contributed by atoms with Crippen LogP contribution in [0.1, 0.15) is 17.2 Å². The second-order valence-electron chi connectivity index (χ2n) is 4.74. The first-order valence-electron chi connectivity index (χ1n) is 6.79. The molecule has 0 aromatic heterocycles. The van der Waals surface area contributed by atoms with Crippen LogP contribution in [0.5, 0.6) is 11.5 Å². The van der Waals surface area contributed by atoms with E-state index in [4.69, 9.17) is 14.2 Å². The number of ether oxygens (including phenoxy) is 3. The molecule has 0 N–H and O–H groups in total. The van der Waals surface area contributed by atoms with Gasteiger partial charge in [0.2, 0.25) is 5.90 Å². The van der Waals surface area contributed by atoms with Crippen LogP contribution in [0.25, 0.3) is 0 Å². The first kappa shape index (κ1) is 13.5. The SMILES string of the molecule is COc1ccc(OC)c(C2=N[C@@H](c3ccccc3)CO2)c1. The molecular formula is C17H17NO3. The lowest BCUT2D eigenvalue weighted by Gasteiger charge is -2.09. The number of hydrogen-bond acceptors (Lipinski definition) is 4. The molecule has 0 amide bonds. The highest BCUT2D eigenvalue weighted by molar-refractivity contribution is 5.98. The predicted molar refractivity (Wildman–Crippen MR) is 81.2 cm³/mol. The van der Waals surface area contributed by atoms with Gasteiger partial charge in [-0.15, -0.1) is 0 Å². The van der Waals surface area contributed by atoms with Crippen LogP contribution in [0, 0.1) is 0 Å². The van der Waals surface area contributed by atoms with Crippen molar-refractivity contribution in [1.82, 2.24) is 0 Å². The molecule has 3 rings (SSSR count). The highest BCUT2D eigenvalue weighted by Gasteiger charge is 2.24. The minimum Gasteiger partial charge on any atom is -0.497 e. The zero-order valence-electron chi connectivity index (χ0n) is 12.1. The Hall–Kier alpha value is -2.49. The molecule has 4 nitrogen and oxygen atoms in total. The normalized spacial score (nSPS) is 17.0. The number of methoxy groups -OCH3 is 2. The van der Waals surface area contributed by atoms with Crippen molar-refractivity contribution in [1.29, 1.82) is 0 Å². The van der Waals surface area contributed by atoms with Crippen LogP contribution >= 0.6 is 0 Å². The standard InChI is InChI=1S/C17H17NO3/c1-19-13-8-9-16(20-2)14(10-13)17-18-15(11-21-17)12-6-4-3-5-7-12/h3-10,15H,11H2,1-2H3/t15-/m1/s1. The third kappa shape index (κ3) is 2.70. The van der Waals surface area contributed by atoms with Crippen molar-refractivity contribution in [2.24, 2.45) is 4.99 Å². The summed E-state index contributed by atoms with van der Waals surface area (Å²) in [6.45, 7) is 0.541. The summed E-state index contributed by atoms with van der Waals surface area (Å²) in [6.07, 6.45) is 0. The molecule has 0 unspecified atom stereocenters. The number of benzene rings is 2. The maximum Gasteiger partial charge on any atom is 0.220 e. The zero-order chi connectivity index (χ0) is 14.7. The summed E-state index contributed by atoms with van der Waals surface area (Å²) in [6, 6.07) is 15.7. The minimum atomic E-state index is 0.0251. The highest BCUT2D eigenvalue weighted by Crippen LogP contribution is 2.30. The Bertz CT molecular complexity index is 652. The third-order valence-corrected chi connectivity index (χ3v) is 3.47. The Kier molecular flexibility index (Phi) is 3.77. The molecule has 1 aliphatic heterocycles. The van der Waals surface area contributed by atoms with Crippen molar-refractivity contribution in [2.45, 2.75) is 6.04 Å². The topological polar surface area (TPSA) is 40.0 Å². The highest BCUT2D eigenvalue weighted by atomic mass is 16.5. The van der Waals surface area contributed by atoms with Crippen molar-refractivity contribution >= 4 is 5.90 Å². The molecule has 0 aliphatic carbocycles. The summed E-state index contributed by atoms with van der Waals surface area (Å²) in [5, 5.41) is 0. The van der Waals surface area contributed by atoms with Gasteiger partial charge in [-0.25, -0.2) is 4.99 Å². The Morgan fingerprint density at radius 2 is 1.86 bits per heavy atom. The maximum atomic E-state index is 5.76. The average Bonchev–Trinajstić information content (AvgIpc) is 3.05. The van der Waals surface area contributed by atoms with Crippen molar-refractivity contribution in [3.8, 4) is 11.5 Å². The lowest BCUT2D eigenvalue weighted by atomic mass is 10.1. The van der Waals surface area contributed by atoms with E-state index in [0.717, 1.165) is 22.6 Å². The van der Waals surface area contributed by atoms with Crippen LogP contribution in [-0.2, 0) is 4.74 Å². The summed E-state index contributed by atoms with van der Waals surface area (Å²) in [7, 11) is 3.27. The van der Waals surface area contributed by atoms with Crippen molar-refractivity contribution < 1.29 is 14.2 Å². The first-order chi connectivity index (χ1) is 10.3. The Morgan fingerprint density at radius 1 is 1.05 bits per heavy atom. The number of nitrogens with zero attached hydrogens (tertiary/aromatic N) is 1. The van der Waals surface area contributed by atoms with Crippen LogP contribution in [0.3, 0.4) is 0 Å². The average molecular weight is 283 g/mol. The van der Waals surface area contributed by atoms with Gasteiger partial charge in [0.15, 0.2) is 0 Å². The summed E-state index contributed by atoms with van der Waals surface area (Å²) in [5.41, 5.74) is 1.96. The summed E-state index contributed by atoms with van der Waals surface area (Å²) in [4.78, 5) is 4.67. The van der Waals surface area contributed by atoms with Crippen LogP contribution in [-0.4, -0.2) is 26.7 Å². The van der Waals surface area contributed by atoms with Crippen LogP contribution < -0.4 is 9.47 Å². The van der Waals surface area contributed by atoms with Crippen LogP contribution in [0.15, 0.2) is 53.5 Å². The van der Waals surface area contributed by atoms with E-state index in [9.17, 15) is 0 Å². The Balaban J connectivity index is 1.94. The fourth-order valence-electron chi connectivity index (χ4n) is 2.35. The third-order valence-electron chi connectivity index (χ3n) is 3.47. The molecule has 0 fully saturated rings. The summed E-state index contributed by atoms with van der Waals surface area (Å²) >= 11 is 0. The van der Waals surface area contributed by atoms with E-state index in [1.807, 2.05) is 36.4 Å². The molecule has 0 saturated carbocycles. The van der Waals surface area contributed by atoms with Gasteiger partial charge in [-0.3, -0.25) is 0 Å². The van der Waals surface area contributed by atoms with Crippen molar-refractivity contribution in [3.05, 3.63) is 59.7 Å². The molecule has 4 heteroatoms. The van der Waals surface area contributed by atoms with E-state index in [2.05, 4.69) is 17.1 Å². The number of hydrogen-bond donors (Lipinski definition) is 0. The Morgan fingerprint density at radius 3 is 2.57 bits per heavy atom. The lowest BCUT2D eigenvalue weighted by Crippen LogP contribution is -2.04. The lowest BCUT2D eigenvalue weighted by molar-refractivity contribution is 0.317. The van der Waals surface area contributed by atoms with Crippen LogP contribution in [0.2, 0.25) is 0 Å². The van der Waals surface area contributed by atoms with Gasteiger partial charge < -0.3 is 14.2 Å². The van der Waals surface area contributed by atoms with Crippen molar-refractivity contribution in [2.75, 3.05) is 20.8 Å². The predicted octanol–water partition coefficient (Wildman–Crippen LogP) is 3.22. The van der Waals surface area contributed by atoms with E-state index < -0.39 is 0 Å². The molecule has 1 aliphatic rings. The fraction of sp³-hybridized carbons (Fsp3) is 0.235. The van der Waals surface area contributed by atoms with Crippen LogP contribution in [0.4, 0.5) is 0 Å². The van der Waals surface area contributed by atoms with Gasteiger partial charge in [0.1, 0.15) is 24.1 Å². The van der Waals surface area contributed by atoms with Gasteiger partial charge in [-0.05, 0) is 23.8 Å². The molecule has 1 heterocycles. The molecule has 2 aromatic carbocycles. The van der Waals surface area contributed by atoms with Gasteiger partial charge >= 0.3 is 0 Å². The molecule has 0 bridgehead atoms. The quantitative estimate of drug-likeness (QED) is 0.865. The number of aliphatic imine (C=N–C) groups is 1. The summed E-state index contributed by atoms with van der Waals surface area (Å²) < 4.78 is 16.4. The monoisotopic (exact) mass is 283 g/mol. The summed E-state index contributed by atoms with van der Waals surface area (Å²) in [5.74, 6) is 2.07. The maximum absolute atomic E-state index is 5.76. The fourth-order valence-corrected chi connectivity index (χ4v) is 2.35. The largest absolute Gasteiger partial charge is 0.497 e. The van der Waals surface area contributed by atoms with Gasteiger partial charge in [-0.2, -0.15) is 0 Å². The van der Waals surface area contributed by atoms with Gasteiger partial charge in [0, 0.05) is 0 Å². The first-order valence-corrected chi connectivity index (χ1v) is 6.79. The molecule has 1 atom stereocenters. The van der Waals surface area contributed by atoms with E-state index >= 15 is 0 Å². The molecule has 21 heavy (non-hydrogen) atoms. The molecule has 0 radical (unpaired) electrons. The smallest absolute Gasteiger partial charge is 0.220 e.